The number of halogens is 1. The number of carbonyl (C=O) groups is 1. The lowest BCUT2D eigenvalue weighted by Crippen LogP contribution is -2.41. The van der Waals surface area contributed by atoms with Gasteiger partial charge in [-0.1, -0.05) is 18.2 Å². The molecule has 0 saturated carbocycles. The molecule has 0 bridgehead atoms. The Morgan fingerprint density at radius 2 is 1.74 bits per heavy atom. The first kappa shape index (κ1) is 20.3. The first-order chi connectivity index (χ1) is 12.8. The molecule has 1 amide bonds. The third-order valence-electron chi connectivity index (χ3n) is 5.07. The Labute approximate surface area is 174 Å². The average molecular weight is 498 g/mol. The number of sulfonamides is 1. The predicted molar refractivity (Wildman–Crippen MR) is 115 cm³/mol. The zero-order chi connectivity index (χ0) is 19.6. The van der Waals surface area contributed by atoms with E-state index in [9.17, 15) is 13.2 Å². The molecular formula is C20H23IN2O3S. The number of anilines is 1. The average Bonchev–Trinajstić information content (AvgIpc) is 2.65. The van der Waals surface area contributed by atoms with Crippen LogP contribution in [-0.2, 0) is 14.8 Å². The summed E-state index contributed by atoms with van der Waals surface area (Å²) in [5, 5.41) is 2.96. The molecule has 0 aromatic heterocycles. The molecular weight excluding hydrogens is 475 g/mol. The van der Waals surface area contributed by atoms with E-state index in [1.54, 1.807) is 12.1 Å². The van der Waals surface area contributed by atoms with Gasteiger partial charge in [0.25, 0.3) is 0 Å². The Balaban J connectivity index is 1.65. The van der Waals surface area contributed by atoms with Crippen LogP contribution < -0.4 is 5.32 Å². The number of rotatable bonds is 4. The molecule has 0 spiro atoms. The molecule has 1 aliphatic heterocycles. The fraction of sp³-hybridized carbons (Fsp3) is 0.350. The van der Waals surface area contributed by atoms with Crippen molar-refractivity contribution in [3.05, 3.63) is 57.2 Å². The van der Waals surface area contributed by atoms with E-state index in [1.807, 2.05) is 44.2 Å². The van der Waals surface area contributed by atoms with Crippen molar-refractivity contribution in [3.63, 3.8) is 0 Å². The number of amides is 1. The predicted octanol–water partition coefficient (Wildman–Crippen LogP) is 3.95. The molecule has 0 unspecified atom stereocenters. The van der Waals surface area contributed by atoms with Crippen LogP contribution >= 0.6 is 22.6 Å². The topological polar surface area (TPSA) is 66.5 Å². The Morgan fingerprint density at radius 3 is 2.37 bits per heavy atom. The Hall–Kier alpha value is -1.45. The van der Waals surface area contributed by atoms with E-state index in [2.05, 4.69) is 27.9 Å². The van der Waals surface area contributed by atoms with Crippen molar-refractivity contribution in [2.75, 3.05) is 18.4 Å². The van der Waals surface area contributed by atoms with Gasteiger partial charge in [0.15, 0.2) is 0 Å². The highest BCUT2D eigenvalue weighted by Gasteiger charge is 2.32. The van der Waals surface area contributed by atoms with E-state index in [0.29, 0.717) is 30.8 Å². The number of nitrogens with zero attached hydrogens (tertiary/aromatic N) is 1. The van der Waals surface area contributed by atoms with Crippen molar-refractivity contribution in [2.24, 2.45) is 5.92 Å². The summed E-state index contributed by atoms with van der Waals surface area (Å²) in [4.78, 5) is 12.9. The number of hydrogen-bond donors (Lipinski definition) is 1. The van der Waals surface area contributed by atoms with Crippen LogP contribution in [0.5, 0.6) is 0 Å². The van der Waals surface area contributed by atoms with Gasteiger partial charge in [-0.05, 0) is 84.7 Å². The number of nitrogens with one attached hydrogen (secondary N) is 1. The van der Waals surface area contributed by atoms with Crippen LogP contribution in [-0.4, -0.2) is 31.7 Å². The molecule has 1 fully saturated rings. The molecule has 0 radical (unpaired) electrons. The molecule has 0 aliphatic carbocycles. The highest BCUT2D eigenvalue weighted by atomic mass is 127. The molecule has 1 N–H and O–H groups in total. The molecule has 5 nitrogen and oxygen atoms in total. The normalized spacial score (nSPS) is 16.3. The first-order valence-electron chi connectivity index (χ1n) is 8.92. The monoisotopic (exact) mass is 498 g/mol. The highest BCUT2D eigenvalue weighted by molar-refractivity contribution is 14.1. The highest BCUT2D eigenvalue weighted by Crippen LogP contribution is 2.26. The van der Waals surface area contributed by atoms with E-state index in [4.69, 9.17) is 0 Å². The number of aryl methyl sites for hydroxylation is 2. The molecule has 3 rings (SSSR count). The van der Waals surface area contributed by atoms with Gasteiger partial charge in [0.05, 0.1) is 10.6 Å². The van der Waals surface area contributed by atoms with Crippen molar-refractivity contribution >= 4 is 44.2 Å². The SMILES string of the molecule is Cc1ccc(S(=O)(=O)N2CCC(C(=O)Nc3ccccc3I)CC2)cc1C. The zero-order valence-corrected chi connectivity index (χ0v) is 18.4. The fourth-order valence-electron chi connectivity index (χ4n) is 3.18. The Kier molecular flexibility index (Phi) is 6.22. The Morgan fingerprint density at radius 1 is 1.07 bits per heavy atom. The van der Waals surface area contributed by atoms with Crippen molar-refractivity contribution in [2.45, 2.75) is 31.6 Å². The van der Waals surface area contributed by atoms with Gasteiger partial charge >= 0.3 is 0 Å². The van der Waals surface area contributed by atoms with Gasteiger partial charge in [-0.2, -0.15) is 4.31 Å². The van der Waals surface area contributed by atoms with Crippen molar-refractivity contribution in [3.8, 4) is 0 Å². The van der Waals surface area contributed by atoms with Gasteiger partial charge in [-0.3, -0.25) is 4.79 Å². The third-order valence-corrected chi connectivity index (χ3v) is 7.91. The molecule has 144 valence electrons. The summed E-state index contributed by atoms with van der Waals surface area (Å²) in [5.41, 5.74) is 2.83. The minimum atomic E-state index is -3.52. The van der Waals surface area contributed by atoms with Gasteiger partial charge in [0, 0.05) is 22.6 Å². The first-order valence-corrected chi connectivity index (χ1v) is 11.4. The standard InChI is InChI=1S/C20H23IN2O3S/c1-14-7-8-17(13-15(14)2)27(25,26)23-11-9-16(10-12-23)20(24)22-19-6-4-3-5-18(19)21/h3-8,13,16H,9-12H2,1-2H3,(H,22,24). The van der Waals surface area contributed by atoms with E-state index in [-0.39, 0.29) is 11.8 Å². The maximum atomic E-state index is 12.9. The van der Waals surface area contributed by atoms with Crippen LogP contribution in [0.15, 0.2) is 47.4 Å². The molecule has 1 saturated heterocycles. The lowest BCUT2D eigenvalue weighted by Gasteiger charge is -2.30. The molecule has 0 atom stereocenters. The second-order valence-corrected chi connectivity index (χ2v) is 9.99. The van der Waals surface area contributed by atoms with Gasteiger partial charge in [-0.15, -0.1) is 0 Å². The number of para-hydroxylation sites is 1. The summed E-state index contributed by atoms with van der Waals surface area (Å²) >= 11 is 2.19. The summed E-state index contributed by atoms with van der Waals surface area (Å²) in [6.07, 6.45) is 1.05. The van der Waals surface area contributed by atoms with Crippen LogP contribution in [0.2, 0.25) is 0 Å². The van der Waals surface area contributed by atoms with Gasteiger partial charge in [0.2, 0.25) is 15.9 Å². The van der Waals surface area contributed by atoms with Crippen molar-refractivity contribution < 1.29 is 13.2 Å². The second kappa shape index (κ2) is 8.28. The number of hydrogen-bond acceptors (Lipinski definition) is 3. The lowest BCUT2D eigenvalue weighted by molar-refractivity contribution is -0.120. The van der Waals surface area contributed by atoms with E-state index in [1.165, 1.54) is 4.31 Å². The van der Waals surface area contributed by atoms with Crippen LogP contribution in [0, 0.1) is 23.3 Å². The molecule has 2 aromatic rings. The molecule has 1 heterocycles. The summed E-state index contributed by atoms with van der Waals surface area (Å²) < 4.78 is 28.3. The fourth-order valence-corrected chi connectivity index (χ4v) is 5.26. The molecule has 1 aliphatic rings. The third kappa shape index (κ3) is 4.52. The van der Waals surface area contributed by atoms with Crippen molar-refractivity contribution in [1.82, 2.24) is 4.31 Å². The number of carbonyl (C=O) groups excluding carboxylic acids is 1. The summed E-state index contributed by atoms with van der Waals surface area (Å²) in [6.45, 7) is 4.60. The lowest BCUT2D eigenvalue weighted by atomic mass is 9.97. The minimum absolute atomic E-state index is 0.0395. The number of benzene rings is 2. The largest absolute Gasteiger partial charge is 0.325 e. The second-order valence-electron chi connectivity index (χ2n) is 6.89. The van der Waals surface area contributed by atoms with Crippen LogP contribution in [0.1, 0.15) is 24.0 Å². The van der Waals surface area contributed by atoms with Gasteiger partial charge in [0.1, 0.15) is 0 Å². The van der Waals surface area contributed by atoms with Crippen molar-refractivity contribution in [1.29, 1.82) is 0 Å². The maximum absolute atomic E-state index is 12.9. The van der Waals surface area contributed by atoms with E-state index >= 15 is 0 Å². The summed E-state index contributed by atoms with van der Waals surface area (Å²) in [6, 6.07) is 12.8. The van der Waals surface area contributed by atoms with Crippen LogP contribution in [0.25, 0.3) is 0 Å². The number of piperidine rings is 1. The smallest absolute Gasteiger partial charge is 0.243 e. The summed E-state index contributed by atoms with van der Waals surface area (Å²) in [5.74, 6) is -0.213. The van der Waals surface area contributed by atoms with Gasteiger partial charge < -0.3 is 5.32 Å². The van der Waals surface area contributed by atoms with Gasteiger partial charge in [-0.25, -0.2) is 8.42 Å². The Bertz CT molecular complexity index is 951. The molecule has 27 heavy (non-hydrogen) atoms. The van der Waals surface area contributed by atoms with Crippen LogP contribution in [0.3, 0.4) is 0 Å². The van der Waals surface area contributed by atoms with Crippen LogP contribution in [0.4, 0.5) is 5.69 Å². The quantitative estimate of drug-likeness (QED) is 0.650. The van der Waals surface area contributed by atoms with E-state index < -0.39 is 10.0 Å². The zero-order valence-electron chi connectivity index (χ0n) is 15.4. The molecule has 7 heteroatoms. The maximum Gasteiger partial charge on any atom is 0.243 e. The minimum Gasteiger partial charge on any atom is -0.325 e. The summed E-state index contributed by atoms with van der Waals surface area (Å²) in [7, 11) is -3.52. The molecule has 2 aromatic carbocycles. The van der Waals surface area contributed by atoms with E-state index in [0.717, 1.165) is 20.4 Å².